The van der Waals surface area contributed by atoms with Crippen molar-refractivity contribution in [2.24, 2.45) is 0 Å². The molecule has 0 aliphatic carbocycles. The maximum atomic E-state index is 12.9. The lowest BCUT2D eigenvalue weighted by molar-refractivity contribution is 0.398. The number of rotatable bonds is 2. The summed E-state index contributed by atoms with van der Waals surface area (Å²) in [5.74, 6) is -1.52. The molecular formula is C12H15F2N. The van der Waals surface area contributed by atoms with Gasteiger partial charge in [-0.05, 0) is 43.5 Å². The molecule has 0 saturated carbocycles. The Morgan fingerprint density at radius 1 is 1.20 bits per heavy atom. The van der Waals surface area contributed by atoms with Crippen molar-refractivity contribution < 1.29 is 8.78 Å². The summed E-state index contributed by atoms with van der Waals surface area (Å²) in [4.78, 5) is 0. The van der Waals surface area contributed by atoms with Gasteiger partial charge in [-0.25, -0.2) is 8.78 Å². The Morgan fingerprint density at radius 2 is 2.07 bits per heavy atom. The number of halogens is 2. The van der Waals surface area contributed by atoms with Crippen molar-refractivity contribution in [2.45, 2.75) is 31.7 Å². The lowest BCUT2D eigenvalue weighted by Gasteiger charge is -2.23. The van der Waals surface area contributed by atoms with Gasteiger partial charge in [0.15, 0.2) is 11.6 Å². The van der Waals surface area contributed by atoms with Crippen molar-refractivity contribution in [3.8, 4) is 0 Å². The van der Waals surface area contributed by atoms with Gasteiger partial charge in [0, 0.05) is 6.04 Å². The Labute approximate surface area is 88.5 Å². The zero-order valence-electron chi connectivity index (χ0n) is 8.60. The molecule has 1 aromatic rings. The van der Waals surface area contributed by atoms with E-state index in [1.807, 2.05) is 0 Å². The van der Waals surface area contributed by atoms with E-state index in [1.165, 1.54) is 25.0 Å². The van der Waals surface area contributed by atoms with Crippen LogP contribution in [-0.4, -0.2) is 12.6 Å². The fraction of sp³-hybridized carbons (Fsp3) is 0.500. The van der Waals surface area contributed by atoms with Crippen LogP contribution in [0.2, 0.25) is 0 Å². The van der Waals surface area contributed by atoms with Gasteiger partial charge in [-0.1, -0.05) is 12.5 Å². The molecule has 0 spiro atoms. The smallest absolute Gasteiger partial charge is 0.159 e. The molecule has 1 aromatic carbocycles. The van der Waals surface area contributed by atoms with Crippen LogP contribution < -0.4 is 5.32 Å². The maximum Gasteiger partial charge on any atom is 0.159 e. The molecule has 1 aliphatic rings. The maximum absolute atomic E-state index is 12.9. The van der Waals surface area contributed by atoms with Gasteiger partial charge in [0.05, 0.1) is 0 Å². The summed E-state index contributed by atoms with van der Waals surface area (Å²) in [5, 5.41) is 3.39. The highest BCUT2D eigenvalue weighted by atomic mass is 19.2. The highest BCUT2D eigenvalue weighted by molar-refractivity contribution is 5.18. The first kappa shape index (κ1) is 10.6. The molecule has 1 atom stereocenters. The number of hydrogen-bond donors (Lipinski definition) is 1. The minimum atomic E-state index is -0.768. The van der Waals surface area contributed by atoms with Gasteiger partial charge in [-0.2, -0.15) is 0 Å². The molecule has 0 bridgehead atoms. The molecule has 1 saturated heterocycles. The number of hydrogen-bond acceptors (Lipinski definition) is 1. The first-order chi connectivity index (χ1) is 7.25. The van der Waals surface area contributed by atoms with Crippen molar-refractivity contribution in [1.82, 2.24) is 5.32 Å². The third kappa shape index (κ3) is 2.75. The third-order valence-electron chi connectivity index (χ3n) is 2.88. The lowest BCUT2D eigenvalue weighted by atomic mass is 9.98. The fourth-order valence-corrected chi connectivity index (χ4v) is 2.05. The van der Waals surface area contributed by atoms with Gasteiger partial charge in [-0.3, -0.25) is 0 Å². The number of piperidine rings is 1. The van der Waals surface area contributed by atoms with E-state index in [-0.39, 0.29) is 0 Å². The third-order valence-corrected chi connectivity index (χ3v) is 2.88. The first-order valence-electron chi connectivity index (χ1n) is 5.43. The molecule has 0 aromatic heterocycles. The minimum Gasteiger partial charge on any atom is -0.314 e. The van der Waals surface area contributed by atoms with Crippen LogP contribution in [0.1, 0.15) is 24.8 Å². The van der Waals surface area contributed by atoms with Crippen molar-refractivity contribution in [2.75, 3.05) is 6.54 Å². The van der Waals surface area contributed by atoms with Gasteiger partial charge in [0.2, 0.25) is 0 Å². The van der Waals surface area contributed by atoms with Crippen LogP contribution in [-0.2, 0) is 6.42 Å². The number of benzene rings is 1. The second-order valence-electron chi connectivity index (χ2n) is 4.10. The Morgan fingerprint density at radius 3 is 2.73 bits per heavy atom. The van der Waals surface area contributed by atoms with Crippen molar-refractivity contribution in [1.29, 1.82) is 0 Å². The monoisotopic (exact) mass is 211 g/mol. The molecule has 2 rings (SSSR count). The molecule has 82 valence electrons. The van der Waals surface area contributed by atoms with Crippen LogP contribution in [0.15, 0.2) is 18.2 Å². The minimum absolute atomic E-state index is 0.420. The van der Waals surface area contributed by atoms with Gasteiger partial charge in [0.25, 0.3) is 0 Å². The lowest BCUT2D eigenvalue weighted by Crippen LogP contribution is -2.35. The first-order valence-corrected chi connectivity index (χ1v) is 5.43. The van der Waals surface area contributed by atoms with Crippen LogP contribution in [0.5, 0.6) is 0 Å². The normalized spacial score (nSPS) is 21.6. The molecule has 1 unspecified atom stereocenters. The van der Waals surface area contributed by atoms with E-state index < -0.39 is 11.6 Å². The SMILES string of the molecule is Fc1ccc(CC2CCCCN2)cc1F. The van der Waals surface area contributed by atoms with E-state index in [0.29, 0.717) is 6.04 Å². The van der Waals surface area contributed by atoms with Crippen molar-refractivity contribution in [3.05, 3.63) is 35.4 Å². The van der Waals surface area contributed by atoms with E-state index >= 15 is 0 Å². The van der Waals surface area contributed by atoms with Gasteiger partial charge in [0.1, 0.15) is 0 Å². The average Bonchev–Trinajstić information content (AvgIpc) is 2.25. The Hall–Kier alpha value is -0.960. The quantitative estimate of drug-likeness (QED) is 0.793. The summed E-state index contributed by atoms with van der Waals surface area (Å²) in [6.07, 6.45) is 4.35. The standard InChI is InChI=1S/C12H15F2N/c13-11-5-4-9(8-12(11)14)7-10-3-1-2-6-15-10/h4-5,8,10,15H,1-3,6-7H2. The van der Waals surface area contributed by atoms with Crippen LogP contribution in [0.4, 0.5) is 8.78 Å². The van der Waals surface area contributed by atoms with E-state index in [9.17, 15) is 8.78 Å². The van der Waals surface area contributed by atoms with Crippen LogP contribution >= 0.6 is 0 Å². The summed E-state index contributed by atoms with van der Waals surface area (Å²) < 4.78 is 25.6. The summed E-state index contributed by atoms with van der Waals surface area (Å²) in [7, 11) is 0. The van der Waals surface area contributed by atoms with E-state index in [2.05, 4.69) is 5.32 Å². The van der Waals surface area contributed by atoms with Crippen LogP contribution in [0, 0.1) is 11.6 Å². The van der Waals surface area contributed by atoms with E-state index in [1.54, 1.807) is 6.07 Å². The summed E-state index contributed by atoms with van der Waals surface area (Å²) in [5.41, 5.74) is 0.869. The molecular weight excluding hydrogens is 196 g/mol. The van der Waals surface area contributed by atoms with Gasteiger partial charge in [-0.15, -0.1) is 0 Å². The predicted octanol–water partition coefficient (Wildman–Crippen LogP) is 2.65. The molecule has 0 radical (unpaired) electrons. The Bertz CT molecular complexity index is 332. The molecule has 0 amide bonds. The van der Waals surface area contributed by atoms with E-state index in [0.717, 1.165) is 24.9 Å². The topological polar surface area (TPSA) is 12.0 Å². The second-order valence-corrected chi connectivity index (χ2v) is 4.10. The predicted molar refractivity (Wildman–Crippen MR) is 55.7 cm³/mol. The molecule has 1 aliphatic heterocycles. The van der Waals surface area contributed by atoms with Crippen LogP contribution in [0.3, 0.4) is 0 Å². The van der Waals surface area contributed by atoms with E-state index in [4.69, 9.17) is 0 Å². The zero-order chi connectivity index (χ0) is 10.7. The molecule has 15 heavy (non-hydrogen) atoms. The highest BCUT2D eigenvalue weighted by Gasteiger charge is 2.13. The van der Waals surface area contributed by atoms with Gasteiger partial charge < -0.3 is 5.32 Å². The van der Waals surface area contributed by atoms with Crippen molar-refractivity contribution >= 4 is 0 Å². The molecule has 1 N–H and O–H groups in total. The molecule has 1 fully saturated rings. The fourth-order valence-electron chi connectivity index (χ4n) is 2.05. The summed E-state index contributed by atoms with van der Waals surface area (Å²) >= 11 is 0. The largest absolute Gasteiger partial charge is 0.314 e. The average molecular weight is 211 g/mol. The number of nitrogens with one attached hydrogen (secondary N) is 1. The zero-order valence-corrected chi connectivity index (χ0v) is 8.60. The summed E-state index contributed by atoms with van der Waals surface area (Å²) in [6.45, 7) is 1.04. The molecule has 1 nitrogen and oxygen atoms in total. The second kappa shape index (κ2) is 4.71. The Kier molecular flexibility index (Phi) is 3.31. The van der Waals surface area contributed by atoms with Crippen LogP contribution in [0.25, 0.3) is 0 Å². The molecule has 3 heteroatoms. The van der Waals surface area contributed by atoms with Gasteiger partial charge >= 0.3 is 0 Å². The highest BCUT2D eigenvalue weighted by Crippen LogP contribution is 2.15. The molecule has 1 heterocycles. The van der Waals surface area contributed by atoms with Crippen molar-refractivity contribution in [3.63, 3.8) is 0 Å². The Balaban J connectivity index is 2.00. The summed E-state index contributed by atoms with van der Waals surface area (Å²) in [6, 6.07) is 4.58.